The average molecular weight is 238 g/mol. The first-order valence-corrected chi connectivity index (χ1v) is 6.42. The van der Waals surface area contributed by atoms with Gasteiger partial charge in [0.1, 0.15) is 5.69 Å². The van der Waals surface area contributed by atoms with Crippen LogP contribution in [0.25, 0.3) is 0 Å². The summed E-state index contributed by atoms with van der Waals surface area (Å²) < 4.78 is 0.309. The van der Waals surface area contributed by atoms with Crippen LogP contribution >= 0.6 is 11.8 Å². The van der Waals surface area contributed by atoms with Crippen LogP contribution < -0.4 is 5.32 Å². The SMILES string of the molecule is CSC1(CNc2ccccc2[N+](=O)[O-])CC1. The van der Waals surface area contributed by atoms with Crippen LogP contribution in [0.4, 0.5) is 11.4 Å². The molecule has 0 amide bonds. The smallest absolute Gasteiger partial charge is 0.292 e. The van der Waals surface area contributed by atoms with E-state index in [1.807, 2.05) is 17.8 Å². The third-order valence-corrected chi connectivity index (χ3v) is 4.36. The molecule has 0 heterocycles. The molecule has 2 rings (SSSR count). The molecule has 1 aromatic carbocycles. The molecule has 1 saturated carbocycles. The molecule has 0 atom stereocenters. The first-order chi connectivity index (χ1) is 7.67. The number of para-hydroxylation sites is 2. The molecule has 0 saturated heterocycles. The van der Waals surface area contributed by atoms with Gasteiger partial charge < -0.3 is 5.32 Å². The molecule has 1 N–H and O–H groups in total. The third-order valence-electron chi connectivity index (χ3n) is 2.94. The maximum absolute atomic E-state index is 10.8. The molecule has 1 aliphatic rings. The largest absolute Gasteiger partial charge is 0.378 e. The average Bonchev–Trinajstić information content (AvgIpc) is 3.07. The van der Waals surface area contributed by atoms with Gasteiger partial charge in [0.05, 0.1) is 4.92 Å². The monoisotopic (exact) mass is 238 g/mol. The Morgan fingerprint density at radius 1 is 1.50 bits per heavy atom. The van der Waals surface area contributed by atoms with Gasteiger partial charge in [-0.05, 0) is 25.2 Å². The van der Waals surface area contributed by atoms with Crippen molar-refractivity contribution in [3.63, 3.8) is 0 Å². The number of anilines is 1. The molecule has 0 aromatic heterocycles. The zero-order valence-corrected chi connectivity index (χ0v) is 9.92. The van der Waals surface area contributed by atoms with E-state index < -0.39 is 0 Å². The Morgan fingerprint density at radius 3 is 2.75 bits per heavy atom. The highest BCUT2D eigenvalue weighted by Crippen LogP contribution is 2.47. The fourth-order valence-electron chi connectivity index (χ4n) is 1.63. The van der Waals surface area contributed by atoms with Crippen LogP contribution in [-0.4, -0.2) is 22.5 Å². The van der Waals surface area contributed by atoms with E-state index in [0.717, 1.165) is 6.54 Å². The maximum atomic E-state index is 10.8. The van der Waals surface area contributed by atoms with Crippen molar-refractivity contribution in [2.24, 2.45) is 0 Å². The van der Waals surface area contributed by atoms with E-state index in [1.165, 1.54) is 18.9 Å². The highest BCUT2D eigenvalue weighted by atomic mass is 32.2. The zero-order valence-electron chi connectivity index (χ0n) is 9.10. The lowest BCUT2D eigenvalue weighted by molar-refractivity contribution is -0.384. The van der Waals surface area contributed by atoms with E-state index >= 15 is 0 Å². The molecular formula is C11H14N2O2S. The zero-order chi connectivity index (χ0) is 11.6. The number of hydrogen-bond acceptors (Lipinski definition) is 4. The number of nitrogens with zero attached hydrogens (tertiary/aromatic N) is 1. The van der Waals surface area contributed by atoms with Crippen LogP contribution in [-0.2, 0) is 0 Å². The second-order valence-corrected chi connectivity index (χ2v) is 5.29. The van der Waals surface area contributed by atoms with Crippen molar-refractivity contribution in [3.8, 4) is 0 Å². The molecule has 5 heteroatoms. The molecule has 86 valence electrons. The maximum Gasteiger partial charge on any atom is 0.292 e. The minimum atomic E-state index is -0.346. The summed E-state index contributed by atoms with van der Waals surface area (Å²) >= 11 is 1.84. The van der Waals surface area contributed by atoms with Crippen molar-refractivity contribution in [2.45, 2.75) is 17.6 Å². The van der Waals surface area contributed by atoms with Gasteiger partial charge in [0.2, 0.25) is 0 Å². The predicted octanol–water partition coefficient (Wildman–Crippen LogP) is 2.90. The van der Waals surface area contributed by atoms with E-state index in [1.54, 1.807) is 12.1 Å². The van der Waals surface area contributed by atoms with Crippen molar-refractivity contribution >= 4 is 23.1 Å². The summed E-state index contributed by atoms with van der Waals surface area (Å²) in [6.45, 7) is 0.805. The first-order valence-electron chi connectivity index (χ1n) is 5.19. The van der Waals surface area contributed by atoms with Crippen molar-refractivity contribution in [1.29, 1.82) is 0 Å². The van der Waals surface area contributed by atoms with Crippen molar-refractivity contribution in [2.75, 3.05) is 18.1 Å². The van der Waals surface area contributed by atoms with Crippen molar-refractivity contribution in [1.82, 2.24) is 0 Å². The number of benzene rings is 1. The van der Waals surface area contributed by atoms with Crippen LogP contribution in [0.5, 0.6) is 0 Å². The first kappa shape index (κ1) is 11.3. The molecule has 0 spiro atoms. The van der Waals surface area contributed by atoms with E-state index in [4.69, 9.17) is 0 Å². The minimum Gasteiger partial charge on any atom is -0.378 e. The third kappa shape index (κ3) is 2.29. The van der Waals surface area contributed by atoms with Crippen LogP contribution in [0.2, 0.25) is 0 Å². The van der Waals surface area contributed by atoms with Gasteiger partial charge in [0.25, 0.3) is 5.69 Å². The van der Waals surface area contributed by atoms with E-state index in [2.05, 4.69) is 11.6 Å². The lowest BCUT2D eigenvalue weighted by atomic mass is 10.2. The number of hydrogen-bond donors (Lipinski definition) is 1. The molecule has 0 bridgehead atoms. The second-order valence-electron chi connectivity index (χ2n) is 4.01. The summed E-state index contributed by atoms with van der Waals surface area (Å²) in [5.41, 5.74) is 0.771. The van der Waals surface area contributed by atoms with Gasteiger partial charge in [-0.15, -0.1) is 0 Å². The van der Waals surface area contributed by atoms with Gasteiger partial charge in [-0.2, -0.15) is 11.8 Å². The standard InChI is InChI=1S/C11H14N2O2S/c1-16-11(6-7-11)8-12-9-4-2-3-5-10(9)13(14)15/h2-5,12H,6-8H2,1H3. The summed E-state index contributed by atoms with van der Waals surface area (Å²) in [6, 6.07) is 6.79. The molecule has 4 nitrogen and oxygen atoms in total. The van der Waals surface area contributed by atoms with Crippen LogP contribution in [0.1, 0.15) is 12.8 Å². The molecule has 0 unspecified atom stereocenters. The highest BCUT2D eigenvalue weighted by molar-refractivity contribution is 8.00. The second kappa shape index (κ2) is 4.33. The fraction of sp³-hybridized carbons (Fsp3) is 0.455. The van der Waals surface area contributed by atoms with Gasteiger partial charge in [0, 0.05) is 17.4 Å². The summed E-state index contributed by atoms with van der Waals surface area (Å²) in [7, 11) is 0. The Bertz CT molecular complexity index is 405. The Balaban J connectivity index is 2.06. The molecule has 0 aliphatic heterocycles. The lowest BCUT2D eigenvalue weighted by Gasteiger charge is -2.13. The van der Waals surface area contributed by atoms with E-state index in [9.17, 15) is 10.1 Å². The van der Waals surface area contributed by atoms with Crippen LogP contribution in [0.3, 0.4) is 0 Å². The number of thioether (sulfide) groups is 1. The highest BCUT2D eigenvalue weighted by Gasteiger charge is 2.41. The Morgan fingerprint density at radius 2 is 2.19 bits per heavy atom. The normalized spacial score (nSPS) is 16.8. The van der Waals surface area contributed by atoms with Crippen LogP contribution in [0, 0.1) is 10.1 Å². The molecule has 0 radical (unpaired) electrons. The van der Waals surface area contributed by atoms with Crippen LogP contribution in [0.15, 0.2) is 24.3 Å². The summed E-state index contributed by atoms with van der Waals surface area (Å²) in [5, 5.41) is 14.0. The number of nitro benzene ring substituents is 1. The van der Waals surface area contributed by atoms with Gasteiger partial charge in [0.15, 0.2) is 0 Å². The van der Waals surface area contributed by atoms with E-state index in [0.29, 0.717) is 10.4 Å². The Hall–Kier alpha value is -1.23. The number of nitrogens with one attached hydrogen (secondary N) is 1. The molecule has 1 aromatic rings. The Labute approximate surface area is 98.6 Å². The van der Waals surface area contributed by atoms with Gasteiger partial charge >= 0.3 is 0 Å². The summed E-state index contributed by atoms with van der Waals surface area (Å²) in [6.07, 6.45) is 4.48. The van der Waals surface area contributed by atoms with Gasteiger partial charge in [-0.25, -0.2) is 0 Å². The quantitative estimate of drug-likeness (QED) is 0.633. The minimum absolute atomic E-state index is 0.152. The van der Waals surface area contributed by atoms with Gasteiger partial charge in [-0.3, -0.25) is 10.1 Å². The predicted molar refractivity (Wildman–Crippen MR) is 67.1 cm³/mol. The number of rotatable bonds is 5. The molecule has 1 fully saturated rings. The number of nitro groups is 1. The fourth-order valence-corrected chi connectivity index (χ4v) is 2.36. The molecule has 16 heavy (non-hydrogen) atoms. The van der Waals surface area contributed by atoms with Crippen molar-refractivity contribution in [3.05, 3.63) is 34.4 Å². The van der Waals surface area contributed by atoms with E-state index in [-0.39, 0.29) is 10.6 Å². The topological polar surface area (TPSA) is 55.2 Å². The Kier molecular flexibility index (Phi) is 3.05. The molecular weight excluding hydrogens is 224 g/mol. The summed E-state index contributed by atoms with van der Waals surface area (Å²) in [5.74, 6) is 0. The van der Waals surface area contributed by atoms with Gasteiger partial charge in [-0.1, -0.05) is 12.1 Å². The lowest BCUT2D eigenvalue weighted by Crippen LogP contribution is -2.17. The van der Waals surface area contributed by atoms with Crippen molar-refractivity contribution < 1.29 is 4.92 Å². The molecule has 1 aliphatic carbocycles. The summed E-state index contributed by atoms with van der Waals surface area (Å²) in [4.78, 5) is 10.4.